The van der Waals surface area contributed by atoms with Crippen molar-refractivity contribution in [3.8, 4) is 10.6 Å². The molecule has 1 saturated heterocycles. The molecule has 0 aliphatic carbocycles. The molecule has 3 heterocycles. The quantitative estimate of drug-likeness (QED) is 0.583. The van der Waals surface area contributed by atoms with E-state index in [2.05, 4.69) is 4.98 Å². The number of thiazole rings is 1. The van der Waals surface area contributed by atoms with Crippen molar-refractivity contribution in [2.75, 3.05) is 19.7 Å². The van der Waals surface area contributed by atoms with Crippen molar-refractivity contribution < 1.29 is 13.9 Å². The Hall–Kier alpha value is -1.80. The fraction of sp³-hybridized carbons (Fsp3) is 0.263. The monoisotopic (exact) mass is 422 g/mol. The Balaban J connectivity index is 1.54. The fourth-order valence-electron chi connectivity index (χ4n) is 3.00. The average Bonchev–Trinajstić information content (AvgIpc) is 3.33. The summed E-state index contributed by atoms with van der Waals surface area (Å²) in [5.41, 5.74) is 2.53. The molecule has 0 N–H and O–H groups in total. The SMILES string of the molecule is Cc1nc(-c2ccsc2)sc1C(=O)N1CCOC(c2ccc(F)c(Cl)c2)C1. The topological polar surface area (TPSA) is 42.4 Å². The van der Waals surface area contributed by atoms with Gasteiger partial charge in [-0.2, -0.15) is 11.3 Å². The van der Waals surface area contributed by atoms with E-state index in [-0.39, 0.29) is 17.0 Å². The summed E-state index contributed by atoms with van der Waals surface area (Å²) < 4.78 is 19.2. The maximum Gasteiger partial charge on any atom is 0.266 e. The molecule has 0 spiro atoms. The Kier molecular flexibility index (Phi) is 5.27. The molecule has 4 rings (SSSR count). The second-order valence-corrected chi connectivity index (χ2v) is 8.42. The van der Waals surface area contributed by atoms with Gasteiger partial charge in [-0.3, -0.25) is 4.79 Å². The Morgan fingerprint density at radius 2 is 2.26 bits per heavy atom. The molecule has 1 aromatic carbocycles. The summed E-state index contributed by atoms with van der Waals surface area (Å²) in [6.07, 6.45) is -0.328. The van der Waals surface area contributed by atoms with Crippen molar-refractivity contribution >= 4 is 40.2 Å². The average molecular weight is 423 g/mol. The van der Waals surface area contributed by atoms with Crippen LogP contribution in [-0.2, 0) is 4.74 Å². The zero-order valence-electron chi connectivity index (χ0n) is 14.4. The van der Waals surface area contributed by atoms with Crippen LogP contribution in [0.3, 0.4) is 0 Å². The van der Waals surface area contributed by atoms with Crippen molar-refractivity contribution in [2.24, 2.45) is 0 Å². The van der Waals surface area contributed by atoms with Crippen molar-refractivity contribution in [1.82, 2.24) is 9.88 Å². The van der Waals surface area contributed by atoms with Gasteiger partial charge in [0, 0.05) is 17.5 Å². The zero-order chi connectivity index (χ0) is 19.0. The Morgan fingerprint density at radius 1 is 1.41 bits per heavy atom. The Labute approximate surface area is 169 Å². The van der Waals surface area contributed by atoms with Crippen LogP contribution < -0.4 is 0 Å². The number of benzene rings is 1. The lowest BCUT2D eigenvalue weighted by atomic mass is 10.1. The highest BCUT2D eigenvalue weighted by Gasteiger charge is 2.29. The minimum Gasteiger partial charge on any atom is -0.370 e. The van der Waals surface area contributed by atoms with Gasteiger partial charge in [-0.05, 0) is 36.1 Å². The predicted octanol–water partition coefficient (Wildman–Crippen LogP) is 5.19. The normalized spacial score (nSPS) is 17.3. The zero-order valence-corrected chi connectivity index (χ0v) is 16.8. The van der Waals surface area contributed by atoms with Crippen LogP contribution >= 0.6 is 34.3 Å². The van der Waals surface area contributed by atoms with Crippen LogP contribution in [0.2, 0.25) is 5.02 Å². The second-order valence-electron chi connectivity index (χ2n) is 6.23. The lowest BCUT2D eigenvalue weighted by Crippen LogP contribution is -2.42. The summed E-state index contributed by atoms with van der Waals surface area (Å²) in [5.74, 6) is -0.515. The van der Waals surface area contributed by atoms with Crippen molar-refractivity contribution in [3.05, 3.63) is 62.0 Å². The molecule has 3 aromatic rings. The minimum absolute atomic E-state index is 0.0482. The summed E-state index contributed by atoms with van der Waals surface area (Å²) >= 11 is 8.90. The van der Waals surface area contributed by atoms with Gasteiger partial charge in [0.1, 0.15) is 21.8 Å². The maximum atomic E-state index is 13.4. The predicted molar refractivity (Wildman–Crippen MR) is 106 cm³/mol. The highest BCUT2D eigenvalue weighted by Crippen LogP contribution is 2.32. The number of ether oxygens (including phenoxy) is 1. The first-order valence-electron chi connectivity index (χ1n) is 8.39. The Bertz CT molecular complexity index is 974. The molecule has 1 aliphatic heterocycles. The molecule has 0 bridgehead atoms. The van der Waals surface area contributed by atoms with E-state index in [4.69, 9.17) is 16.3 Å². The molecule has 140 valence electrons. The molecule has 1 aliphatic rings. The van der Waals surface area contributed by atoms with Gasteiger partial charge >= 0.3 is 0 Å². The molecule has 27 heavy (non-hydrogen) atoms. The smallest absolute Gasteiger partial charge is 0.266 e. The molecule has 1 amide bonds. The van der Waals surface area contributed by atoms with E-state index in [1.54, 1.807) is 28.4 Å². The van der Waals surface area contributed by atoms with Gasteiger partial charge in [-0.15, -0.1) is 11.3 Å². The Morgan fingerprint density at radius 3 is 3.00 bits per heavy atom. The van der Waals surface area contributed by atoms with Crippen LogP contribution in [0.4, 0.5) is 4.39 Å². The number of rotatable bonds is 3. The van der Waals surface area contributed by atoms with Gasteiger partial charge in [-0.1, -0.05) is 17.7 Å². The van der Waals surface area contributed by atoms with Crippen LogP contribution in [0, 0.1) is 12.7 Å². The molecule has 1 unspecified atom stereocenters. The van der Waals surface area contributed by atoms with Gasteiger partial charge in [0.2, 0.25) is 0 Å². The number of morpholine rings is 1. The summed E-state index contributed by atoms with van der Waals surface area (Å²) in [7, 11) is 0. The van der Waals surface area contributed by atoms with Crippen LogP contribution in [0.25, 0.3) is 10.6 Å². The van der Waals surface area contributed by atoms with Crippen molar-refractivity contribution in [2.45, 2.75) is 13.0 Å². The van der Waals surface area contributed by atoms with E-state index in [0.717, 1.165) is 21.8 Å². The molecule has 8 heteroatoms. The number of aromatic nitrogens is 1. The number of hydrogen-bond acceptors (Lipinski definition) is 5. The van der Waals surface area contributed by atoms with Gasteiger partial charge < -0.3 is 9.64 Å². The van der Waals surface area contributed by atoms with E-state index in [0.29, 0.717) is 24.6 Å². The maximum absolute atomic E-state index is 13.4. The number of nitrogens with zero attached hydrogens (tertiary/aromatic N) is 2. The molecular weight excluding hydrogens is 407 g/mol. The van der Waals surface area contributed by atoms with Crippen LogP contribution in [0.15, 0.2) is 35.0 Å². The molecule has 0 radical (unpaired) electrons. The van der Waals surface area contributed by atoms with Crippen LogP contribution in [-0.4, -0.2) is 35.5 Å². The third-order valence-corrected chi connectivity index (χ3v) is 6.60. The summed E-state index contributed by atoms with van der Waals surface area (Å²) in [6.45, 7) is 3.18. The number of amides is 1. The minimum atomic E-state index is -0.467. The molecule has 4 nitrogen and oxygen atoms in total. The van der Waals surface area contributed by atoms with E-state index in [1.807, 2.05) is 23.8 Å². The van der Waals surface area contributed by atoms with Gasteiger partial charge in [-0.25, -0.2) is 9.37 Å². The third-order valence-electron chi connectivity index (χ3n) is 4.43. The number of aryl methyl sites for hydroxylation is 1. The third kappa shape index (κ3) is 3.78. The summed E-state index contributed by atoms with van der Waals surface area (Å²) in [5, 5.41) is 4.93. The number of carbonyl (C=O) groups is 1. The molecule has 0 saturated carbocycles. The fourth-order valence-corrected chi connectivity index (χ4v) is 4.93. The van der Waals surface area contributed by atoms with E-state index in [1.165, 1.54) is 17.4 Å². The van der Waals surface area contributed by atoms with Gasteiger partial charge in [0.25, 0.3) is 5.91 Å². The van der Waals surface area contributed by atoms with E-state index in [9.17, 15) is 9.18 Å². The number of halogens is 2. The number of hydrogen-bond donors (Lipinski definition) is 0. The summed E-state index contributed by atoms with van der Waals surface area (Å²) in [6, 6.07) is 6.52. The molecule has 1 atom stereocenters. The lowest BCUT2D eigenvalue weighted by Gasteiger charge is -2.33. The molecule has 1 fully saturated rings. The standard InChI is InChI=1S/C19H16ClFN2O2S2/c1-11-17(27-18(22-11)13-4-7-26-10-13)19(24)23-5-6-25-16(9-23)12-2-3-15(21)14(20)8-12/h2-4,7-8,10,16H,5-6,9H2,1H3. The first-order chi connectivity index (χ1) is 13.0. The van der Waals surface area contributed by atoms with Crippen molar-refractivity contribution in [1.29, 1.82) is 0 Å². The lowest BCUT2D eigenvalue weighted by molar-refractivity contribution is -0.0227. The van der Waals surface area contributed by atoms with Crippen molar-refractivity contribution in [3.63, 3.8) is 0 Å². The first kappa shape index (κ1) is 18.6. The van der Waals surface area contributed by atoms with Gasteiger partial charge in [0.15, 0.2) is 0 Å². The van der Waals surface area contributed by atoms with Gasteiger partial charge in [0.05, 0.1) is 23.9 Å². The highest BCUT2D eigenvalue weighted by atomic mass is 35.5. The molecular formula is C19H16ClFN2O2S2. The van der Waals surface area contributed by atoms with E-state index >= 15 is 0 Å². The molecule has 2 aromatic heterocycles. The highest BCUT2D eigenvalue weighted by molar-refractivity contribution is 7.17. The summed E-state index contributed by atoms with van der Waals surface area (Å²) in [4.78, 5) is 20.0. The van der Waals surface area contributed by atoms with Crippen LogP contribution in [0.1, 0.15) is 27.0 Å². The second kappa shape index (κ2) is 7.67. The largest absolute Gasteiger partial charge is 0.370 e. The van der Waals surface area contributed by atoms with E-state index < -0.39 is 5.82 Å². The first-order valence-corrected chi connectivity index (χ1v) is 10.5. The number of thiophene rings is 1. The van der Waals surface area contributed by atoms with Crippen LogP contribution in [0.5, 0.6) is 0 Å². The number of carbonyl (C=O) groups excluding carboxylic acids is 1.